The molecule has 1 N–H and O–H groups in total. The Balaban J connectivity index is 1.77. The summed E-state index contributed by atoms with van der Waals surface area (Å²) in [7, 11) is 1.51. The van der Waals surface area contributed by atoms with Gasteiger partial charge >= 0.3 is 0 Å². The van der Waals surface area contributed by atoms with Crippen LogP contribution in [0.5, 0.6) is 5.88 Å². The topological polar surface area (TPSA) is 94.8 Å². The van der Waals surface area contributed by atoms with E-state index in [4.69, 9.17) is 4.74 Å². The molecule has 0 saturated heterocycles. The smallest absolute Gasteiger partial charge is 0.237 e. The van der Waals surface area contributed by atoms with Crippen molar-refractivity contribution >= 4 is 22.9 Å². The Morgan fingerprint density at radius 1 is 1.48 bits per heavy atom. The summed E-state index contributed by atoms with van der Waals surface area (Å²) in [5.74, 6) is 0.193. The van der Waals surface area contributed by atoms with Crippen LogP contribution in [0.25, 0.3) is 0 Å². The van der Waals surface area contributed by atoms with Crippen LogP contribution in [0.15, 0.2) is 41.5 Å². The van der Waals surface area contributed by atoms with Crippen molar-refractivity contribution < 1.29 is 9.53 Å². The average Bonchev–Trinajstić information content (AvgIpc) is 3.27. The molecule has 23 heavy (non-hydrogen) atoms. The SMILES string of the molecule is COc1ncccc1NC(=O)C[C@@H](c1ccsc1)n1cnnn1. The van der Waals surface area contributed by atoms with E-state index in [-0.39, 0.29) is 18.4 Å². The molecule has 0 unspecified atom stereocenters. The van der Waals surface area contributed by atoms with E-state index in [9.17, 15) is 4.79 Å². The third-order valence-electron chi connectivity index (χ3n) is 3.23. The highest BCUT2D eigenvalue weighted by molar-refractivity contribution is 7.08. The van der Waals surface area contributed by atoms with E-state index in [0.29, 0.717) is 11.6 Å². The van der Waals surface area contributed by atoms with Gasteiger partial charge < -0.3 is 10.1 Å². The summed E-state index contributed by atoms with van der Waals surface area (Å²) in [6, 6.07) is 5.16. The molecule has 3 aromatic heterocycles. The van der Waals surface area contributed by atoms with E-state index < -0.39 is 0 Å². The first kappa shape index (κ1) is 15.1. The normalized spacial score (nSPS) is 11.9. The van der Waals surface area contributed by atoms with Gasteiger partial charge in [-0.15, -0.1) is 5.10 Å². The number of carbonyl (C=O) groups excluding carboxylic acids is 1. The minimum Gasteiger partial charge on any atom is -0.480 e. The number of amides is 1. The fraction of sp³-hybridized carbons (Fsp3) is 0.214. The van der Waals surface area contributed by atoms with Gasteiger partial charge in [0, 0.05) is 6.20 Å². The Morgan fingerprint density at radius 3 is 3.09 bits per heavy atom. The molecule has 0 bridgehead atoms. The van der Waals surface area contributed by atoms with Crippen LogP contribution in [0.2, 0.25) is 0 Å². The van der Waals surface area contributed by atoms with Crippen LogP contribution in [0.1, 0.15) is 18.0 Å². The zero-order valence-corrected chi connectivity index (χ0v) is 13.1. The summed E-state index contributed by atoms with van der Waals surface area (Å²) < 4.78 is 6.71. The van der Waals surface area contributed by atoms with Crippen LogP contribution >= 0.6 is 11.3 Å². The maximum Gasteiger partial charge on any atom is 0.237 e. The minimum absolute atomic E-state index is 0.178. The first-order chi connectivity index (χ1) is 11.3. The third kappa shape index (κ3) is 3.51. The van der Waals surface area contributed by atoms with E-state index in [1.807, 2.05) is 16.8 Å². The molecule has 0 spiro atoms. The molecule has 0 aromatic carbocycles. The summed E-state index contributed by atoms with van der Waals surface area (Å²) in [6.45, 7) is 0. The second-order valence-corrected chi connectivity index (χ2v) is 5.45. The van der Waals surface area contributed by atoms with Gasteiger partial charge in [0.1, 0.15) is 12.0 Å². The van der Waals surface area contributed by atoms with Gasteiger partial charge in [-0.25, -0.2) is 9.67 Å². The Morgan fingerprint density at radius 2 is 2.39 bits per heavy atom. The van der Waals surface area contributed by atoms with Crippen molar-refractivity contribution in [1.29, 1.82) is 0 Å². The highest BCUT2D eigenvalue weighted by Gasteiger charge is 2.20. The monoisotopic (exact) mass is 330 g/mol. The van der Waals surface area contributed by atoms with Crippen LogP contribution in [0.4, 0.5) is 5.69 Å². The Bertz CT molecular complexity index is 725. The van der Waals surface area contributed by atoms with Crippen molar-refractivity contribution in [2.45, 2.75) is 12.5 Å². The second kappa shape index (κ2) is 6.97. The molecule has 8 nitrogen and oxygen atoms in total. The number of methoxy groups -OCH3 is 1. The molecule has 0 aliphatic rings. The van der Waals surface area contributed by atoms with Crippen molar-refractivity contribution in [3.8, 4) is 5.88 Å². The van der Waals surface area contributed by atoms with E-state index in [2.05, 4.69) is 25.8 Å². The van der Waals surface area contributed by atoms with Gasteiger partial charge in [-0.2, -0.15) is 11.3 Å². The number of nitrogens with one attached hydrogen (secondary N) is 1. The van der Waals surface area contributed by atoms with Crippen LogP contribution in [0.3, 0.4) is 0 Å². The number of hydrogen-bond donors (Lipinski definition) is 1. The molecule has 1 atom stereocenters. The summed E-state index contributed by atoms with van der Waals surface area (Å²) in [4.78, 5) is 16.5. The first-order valence-corrected chi connectivity index (χ1v) is 7.75. The van der Waals surface area contributed by atoms with Gasteiger partial charge in [0.05, 0.1) is 19.6 Å². The number of hydrogen-bond acceptors (Lipinski definition) is 7. The highest BCUT2D eigenvalue weighted by atomic mass is 32.1. The molecule has 3 heterocycles. The molecular formula is C14H14N6O2S. The van der Waals surface area contributed by atoms with Crippen molar-refractivity contribution in [3.63, 3.8) is 0 Å². The standard InChI is InChI=1S/C14H14N6O2S/c1-22-14-11(3-2-5-15-14)17-13(21)7-12(10-4-6-23-8-10)20-9-16-18-19-20/h2-6,8-9,12H,7H2,1H3,(H,17,21)/t12-/m0/s1. The van der Waals surface area contributed by atoms with Crippen molar-refractivity contribution in [3.05, 3.63) is 47.0 Å². The zero-order chi connectivity index (χ0) is 16.1. The van der Waals surface area contributed by atoms with Crippen molar-refractivity contribution in [1.82, 2.24) is 25.2 Å². The molecule has 3 aromatic rings. The van der Waals surface area contributed by atoms with Gasteiger partial charge in [0.2, 0.25) is 11.8 Å². The largest absolute Gasteiger partial charge is 0.480 e. The van der Waals surface area contributed by atoms with Crippen LogP contribution in [-0.4, -0.2) is 38.2 Å². The number of anilines is 1. The van der Waals surface area contributed by atoms with Crippen molar-refractivity contribution in [2.75, 3.05) is 12.4 Å². The summed E-state index contributed by atoms with van der Waals surface area (Å²) in [5, 5.41) is 17.9. The lowest BCUT2D eigenvalue weighted by molar-refractivity contribution is -0.116. The molecular weight excluding hydrogens is 316 g/mol. The average molecular weight is 330 g/mol. The number of thiophene rings is 1. The maximum atomic E-state index is 12.4. The molecule has 0 saturated carbocycles. The lowest BCUT2D eigenvalue weighted by atomic mass is 10.1. The Labute approximate surface area is 136 Å². The molecule has 0 aliphatic carbocycles. The minimum atomic E-state index is -0.265. The molecule has 0 aliphatic heterocycles. The van der Waals surface area contributed by atoms with Gasteiger partial charge in [-0.3, -0.25) is 4.79 Å². The van der Waals surface area contributed by atoms with Gasteiger partial charge in [0.15, 0.2) is 0 Å². The number of tetrazole rings is 1. The highest BCUT2D eigenvalue weighted by Crippen LogP contribution is 2.25. The number of nitrogens with zero attached hydrogens (tertiary/aromatic N) is 5. The summed E-state index contributed by atoms with van der Waals surface area (Å²) in [6.07, 6.45) is 3.30. The second-order valence-electron chi connectivity index (χ2n) is 4.67. The predicted molar refractivity (Wildman–Crippen MR) is 84.3 cm³/mol. The van der Waals surface area contributed by atoms with E-state index in [0.717, 1.165) is 5.56 Å². The van der Waals surface area contributed by atoms with E-state index in [1.165, 1.54) is 13.4 Å². The molecule has 118 valence electrons. The lowest BCUT2D eigenvalue weighted by Crippen LogP contribution is -2.21. The quantitative estimate of drug-likeness (QED) is 0.740. The van der Waals surface area contributed by atoms with Gasteiger partial charge in [-0.05, 0) is 44.9 Å². The molecule has 0 fully saturated rings. The lowest BCUT2D eigenvalue weighted by Gasteiger charge is -2.15. The van der Waals surface area contributed by atoms with E-state index in [1.54, 1.807) is 34.3 Å². The van der Waals surface area contributed by atoms with Gasteiger partial charge in [-0.1, -0.05) is 0 Å². The molecule has 1 amide bonds. The van der Waals surface area contributed by atoms with E-state index >= 15 is 0 Å². The number of aromatic nitrogens is 5. The molecule has 9 heteroatoms. The number of pyridine rings is 1. The van der Waals surface area contributed by atoms with Gasteiger partial charge in [0.25, 0.3) is 0 Å². The van der Waals surface area contributed by atoms with Crippen LogP contribution in [0, 0.1) is 0 Å². The summed E-state index contributed by atoms with van der Waals surface area (Å²) >= 11 is 1.56. The fourth-order valence-electron chi connectivity index (χ4n) is 2.17. The Hall–Kier alpha value is -2.81. The first-order valence-electron chi connectivity index (χ1n) is 6.81. The third-order valence-corrected chi connectivity index (χ3v) is 3.93. The van der Waals surface area contributed by atoms with Crippen LogP contribution in [-0.2, 0) is 4.79 Å². The zero-order valence-electron chi connectivity index (χ0n) is 12.3. The maximum absolute atomic E-state index is 12.4. The number of carbonyl (C=O) groups is 1. The number of rotatable bonds is 6. The van der Waals surface area contributed by atoms with Crippen LogP contribution < -0.4 is 10.1 Å². The molecule has 0 radical (unpaired) electrons. The van der Waals surface area contributed by atoms with Crippen molar-refractivity contribution in [2.24, 2.45) is 0 Å². The fourth-order valence-corrected chi connectivity index (χ4v) is 2.87. The molecule has 3 rings (SSSR count). The number of ether oxygens (including phenoxy) is 1. The Kier molecular flexibility index (Phi) is 4.57. The predicted octanol–water partition coefficient (Wildman–Crippen LogP) is 1.76. The summed E-state index contributed by atoms with van der Waals surface area (Å²) in [5.41, 5.74) is 1.51.